The van der Waals surface area contributed by atoms with Gasteiger partial charge >= 0.3 is 0 Å². The summed E-state index contributed by atoms with van der Waals surface area (Å²) in [6, 6.07) is 15.0. The summed E-state index contributed by atoms with van der Waals surface area (Å²) in [5.41, 5.74) is 2.90. The molecule has 0 amide bonds. The monoisotopic (exact) mass is 288 g/mol. The van der Waals surface area contributed by atoms with Gasteiger partial charge in [-0.15, -0.1) is 0 Å². The standard InChI is InChI=1S/C18H12N2O2/c21-18-12(11-22-16-8-4-1-5-13(16)18)9-10-17-19-14-6-2-3-7-15(14)20-17/h1-11H,(H,19,20). The Kier molecular flexibility index (Phi) is 2.86. The molecule has 22 heavy (non-hydrogen) atoms. The molecule has 0 radical (unpaired) electrons. The van der Waals surface area contributed by atoms with Crippen molar-refractivity contribution in [3.05, 3.63) is 76.4 Å². The van der Waals surface area contributed by atoms with Gasteiger partial charge in [0.2, 0.25) is 0 Å². The molecule has 4 aromatic rings. The third-order valence-electron chi connectivity index (χ3n) is 3.54. The molecule has 0 aliphatic rings. The summed E-state index contributed by atoms with van der Waals surface area (Å²) in [4.78, 5) is 20.0. The molecule has 2 heterocycles. The molecule has 0 aliphatic heterocycles. The Bertz CT molecular complexity index is 1020. The van der Waals surface area contributed by atoms with Gasteiger partial charge in [0, 0.05) is 0 Å². The summed E-state index contributed by atoms with van der Waals surface area (Å²) < 4.78 is 5.49. The lowest BCUT2D eigenvalue weighted by Gasteiger charge is -1.97. The third kappa shape index (κ3) is 2.11. The number of benzene rings is 2. The van der Waals surface area contributed by atoms with E-state index in [1.807, 2.05) is 36.4 Å². The van der Waals surface area contributed by atoms with E-state index in [9.17, 15) is 4.79 Å². The van der Waals surface area contributed by atoms with Crippen LogP contribution in [0.3, 0.4) is 0 Å². The highest BCUT2D eigenvalue weighted by Gasteiger charge is 2.04. The number of hydrogen-bond acceptors (Lipinski definition) is 3. The summed E-state index contributed by atoms with van der Waals surface area (Å²) in [6.07, 6.45) is 4.97. The summed E-state index contributed by atoms with van der Waals surface area (Å²) in [5, 5.41) is 0.578. The Labute approximate surface area is 125 Å². The molecular weight excluding hydrogens is 276 g/mol. The minimum Gasteiger partial charge on any atom is -0.463 e. The van der Waals surface area contributed by atoms with Crippen LogP contribution in [0.2, 0.25) is 0 Å². The highest BCUT2D eigenvalue weighted by Crippen LogP contribution is 2.14. The van der Waals surface area contributed by atoms with Gasteiger partial charge in [0.05, 0.1) is 22.0 Å². The molecule has 2 aromatic heterocycles. The van der Waals surface area contributed by atoms with Crippen LogP contribution in [0.5, 0.6) is 0 Å². The van der Waals surface area contributed by atoms with Crippen molar-refractivity contribution in [3.63, 3.8) is 0 Å². The van der Waals surface area contributed by atoms with E-state index in [-0.39, 0.29) is 5.43 Å². The lowest BCUT2D eigenvalue weighted by atomic mass is 10.1. The quantitative estimate of drug-likeness (QED) is 0.609. The predicted molar refractivity (Wildman–Crippen MR) is 87.5 cm³/mol. The highest BCUT2D eigenvalue weighted by atomic mass is 16.3. The zero-order valence-corrected chi connectivity index (χ0v) is 11.6. The Morgan fingerprint density at radius 3 is 2.73 bits per heavy atom. The fourth-order valence-corrected chi connectivity index (χ4v) is 2.43. The first-order chi connectivity index (χ1) is 10.8. The molecule has 0 saturated carbocycles. The number of nitrogens with one attached hydrogen (secondary N) is 1. The first-order valence-corrected chi connectivity index (χ1v) is 6.95. The highest BCUT2D eigenvalue weighted by molar-refractivity contribution is 5.81. The smallest absolute Gasteiger partial charge is 0.199 e. The van der Waals surface area contributed by atoms with Crippen LogP contribution >= 0.6 is 0 Å². The van der Waals surface area contributed by atoms with Gasteiger partial charge in [0.15, 0.2) is 5.43 Å². The topological polar surface area (TPSA) is 58.9 Å². The van der Waals surface area contributed by atoms with E-state index in [2.05, 4.69) is 9.97 Å². The average Bonchev–Trinajstić information content (AvgIpc) is 2.97. The second kappa shape index (κ2) is 5.00. The minimum atomic E-state index is -0.0470. The van der Waals surface area contributed by atoms with Gasteiger partial charge in [-0.25, -0.2) is 4.98 Å². The van der Waals surface area contributed by atoms with Gasteiger partial charge in [-0.2, -0.15) is 0 Å². The van der Waals surface area contributed by atoms with Crippen molar-refractivity contribution < 1.29 is 4.42 Å². The van der Waals surface area contributed by atoms with Gasteiger partial charge in [0.1, 0.15) is 17.7 Å². The van der Waals surface area contributed by atoms with E-state index in [0.29, 0.717) is 22.4 Å². The number of nitrogens with zero attached hydrogens (tertiary/aromatic N) is 1. The Morgan fingerprint density at radius 1 is 1.00 bits per heavy atom. The summed E-state index contributed by atoms with van der Waals surface area (Å²) in [7, 11) is 0. The van der Waals surface area contributed by atoms with E-state index >= 15 is 0 Å². The number of para-hydroxylation sites is 3. The van der Waals surface area contributed by atoms with Crippen molar-refractivity contribution in [3.8, 4) is 0 Å². The summed E-state index contributed by atoms with van der Waals surface area (Å²) >= 11 is 0. The number of imidazole rings is 1. The van der Waals surface area contributed by atoms with E-state index in [1.54, 1.807) is 24.3 Å². The van der Waals surface area contributed by atoms with Crippen molar-refractivity contribution in [1.82, 2.24) is 9.97 Å². The summed E-state index contributed by atoms with van der Waals surface area (Å²) in [5.74, 6) is 0.703. The van der Waals surface area contributed by atoms with Gasteiger partial charge in [-0.1, -0.05) is 24.3 Å². The van der Waals surface area contributed by atoms with Crippen molar-refractivity contribution in [2.45, 2.75) is 0 Å². The zero-order valence-electron chi connectivity index (χ0n) is 11.6. The zero-order chi connectivity index (χ0) is 14.9. The van der Waals surface area contributed by atoms with Gasteiger partial charge < -0.3 is 9.40 Å². The molecule has 2 aromatic carbocycles. The molecule has 106 valence electrons. The minimum absolute atomic E-state index is 0.0470. The maximum Gasteiger partial charge on any atom is 0.199 e. The van der Waals surface area contributed by atoms with E-state index in [1.165, 1.54) is 6.26 Å². The van der Waals surface area contributed by atoms with Crippen LogP contribution in [-0.2, 0) is 0 Å². The fourth-order valence-electron chi connectivity index (χ4n) is 2.43. The normalized spacial score (nSPS) is 11.6. The molecule has 4 rings (SSSR count). The third-order valence-corrected chi connectivity index (χ3v) is 3.54. The van der Waals surface area contributed by atoms with Crippen LogP contribution < -0.4 is 5.43 Å². The summed E-state index contributed by atoms with van der Waals surface area (Å²) in [6.45, 7) is 0. The largest absolute Gasteiger partial charge is 0.463 e. The molecule has 0 aliphatic carbocycles. The fraction of sp³-hybridized carbons (Fsp3) is 0. The number of fused-ring (bicyclic) bond motifs is 2. The van der Waals surface area contributed by atoms with Crippen LogP contribution in [0.25, 0.3) is 34.2 Å². The molecule has 0 atom stereocenters. The Morgan fingerprint density at radius 2 is 1.82 bits per heavy atom. The maximum atomic E-state index is 12.4. The van der Waals surface area contributed by atoms with Gasteiger partial charge in [0.25, 0.3) is 0 Å². The van der Waals surface area contributed by atoms with Crippen LogP contribution in [0.4, 0.5) is 0 Å². The number of H-pyrrole nitrogens is 1. The molecule has 1 N–H and O–H groups in total. The van der Waals surface area contributed by atoms with Crippen molar-refractivity contribution in [2.24, 2.45) is 0 Å². The lowest BCUT2D eigenvalue weighted by molar-refractivity contribution is 0.601. The van der Waals surface area contributed by atoms with E-state index in [0.717, 1.165) is 11.0 Å². The average molecular weight is 288 g/mol. The van der Waals surface area contributed by atoms with Crippen molar-refractivity contribution in [1.29, 1.82) is 0 Å². The first-order valence-electron chi connectivity index (χ1n) is 6.95. The van der Waals surface area contributed by atoms with E-state index in [4.69, 9.17) is 4.42 Å². The van der Waals surface area contributed by atoms with Crippen LogP contribution in [0, 0.1) is 0 Å². The van der Waals surface area contributed by atoms with E-state index < -0.39 is 0 Å². The molecule has 0 fully saturated rings. The second-order valence-corrected chi connectivity index (χ2v) is 4.99. The number of aromatic nitrogens is 2. The molecular formula is C18H12N2O2. The Balaban J connectivity index is 1.76. The Hall–Kier alpha value is -3.14. The van der Waals surface area contributed by atoms with Gasteiger partial charge in [-0.3, -0.25) is 4.79 Å². The molecule has 0 spiro atoms. The van der Waals surface area contributed by atoms with Gasteiger partial charge in [-0.05, 0) is 36.4 Å². The number of hydrogen-bond donors (Lipinski definition) is 1. The number of rotatable bonds is 2. The molecule has 4 heteroatoms. The van der Waals surface area contributed by atoms with Crippen LogP contribution in [0.15, 0.2) is 64.0 Å². The molecule has 4 nitrogen and oxygen atoms in total. The van der Waals surface area contributed by atoms with Crippen molar-refractivity contribution >= 4 is 34.2 Å². The molecule has 0 bridgehead atoms. The predicted octanol–water partition coefficient (Wildman–Crippen LogP) is 3.84. The maximum absolute atomic E-state index is 12.4. The van der Waals surface area contributed by atoms with Crippen LogP contribution in [-0.4, -0.2) is 9.97 Å². The molecule has 0 saturated heterocycles. The van der Waals surface area contributed by atoms with Crippen LogP contribution in [0.1, 0.15) is 11.4 Å². The lowest BCUT2D eigenvalue weighted by Crippen LogP contribution is -2.04. The number of aromatic amines is 1. The van der Waals surface area contributed by atoms with Crippen molar-refractivity contribution in [2.75, 3.05) is 0 Å². The first kappa shape index (κ1) is 12.6. The molecule has 0 unspecified atom stereocenters. The SMILES string of the molecule is O=c1c(C=Cc2nc3ccccc3[nH]2)coc2ccccc12. The second-order valence-electron chi connectivity index (χ2n) is 4.99.